The van der Waals surface area contributed by atoms with Crippen molar-refractivity contribution in [2.24, 2.45) is 0 Å². The van der Waals surface area contributed by atoms with E-state index in [4.69, 9.17) is 32.5 Å². The molecule has 0 saturated carbocycles. The number of carbonyl (C=O) groups excluding carboxylic acids is 1. The van der Waals surface area contributed by atoms with Crippen LogP contribution in [0.5, 0.6) is 0 Å². The Balaban J connectivity index is 1.87. The van der Waals surface area contributed by atoms with Crippen LogP contribution in [0.25, 0.3) is 0 Å². The first-order chi connectivity index (χ1) is 19.3. The summed E-state index contributed by atoms with van der Waals surface area (Å²) in [6, 6.07) is 19.4. The maximum Gasteiger partial charge on any atom is 0.477 e. The zero-order chi connectivity index (χ0) is 28.8. The van der Waals surface area contributed by atoms with Gasteiger partial charge in [-0.2, -0.15) is 0 Å². The Morgan fingerprint density at radius 2 is 1.30 bits per heavy atom. The Hall–Kier alpha value is -2.10. The summed E-state index contributed by atoms with van der Waals surface area (Å²) in [4.78, 5) is 12.3. The number of phosphoric acid groups is 1. The Morgan fingerprint density at radius 3 is 1.77 bits per heavy atom. The van der Waals surface area contributed by atoms with Crippen molar-refractivity contribution in [1.29, 1.82) is 0 Å². The van der Waals surface area contributed by atoms with Gasteiger partial charge in [0.25, 0.3) is 0 Å². The molecule has 1 aliphatic heterocycles. The maximum atomic E-state index is 13.7. The van der Waals surface area contributed by atoms with Crippen molar-refractivity contribution in [2.75, 3.05) is 13.2 Å². The smallest absolute Gasteiger partial charge is 0.454 e. The third-order valence-electron chi connectivity index (χ3n) is 6.33. The summed E-state index contributed by atoms with van der Waals surface area (Å²) in [5, 5.41) is 0. The molecule has 10 heteroatoms. The van der Waals surface area contributed by atoms with E-state index >= 15 is 0 Å². The van der Waals surface area contributed by atoms with Crippen LogP contribution < -0.4 is 0 Å². The molecule has 1 heterocycles. The first-order valence-corrected chi connectivity index (χ1v) is 15.5. The van der Waals surface area contributed by atoms with Crippen molar-refractivity contribution in [3.05, 3.63) is 71.8 Å². The Bertz CT molecular complexity index is 1020. The molecule has 0 bridgehead atoms. The molecule has 9 nitrogen and oxygen atoms in total. The summed E-state index contributed by atoms with van der Waals surface area (Å²) in [6.45, 7) is 8.01. The first kappa shape index (κ1) is 32.4. The van der Waals surface area contributed by atoms with E-state index in [1.165, 1.54) is 6.92 Å². The number of esters is 1. The number of carbonyl (C=O) groups is 1. The monoisotopic (exact) mass is 578 g/mol. The molecule has 1 fully saturated rings. The highest BCUT2D eigenvalue weighted by atomic mass is 31.2. The minimum Gasteiger partial charge on any atom is -0.454 e. The highest BCUT2D eigenvalue weighted by Crippen LogP contribution is 2.52. The summed E-state index contributed by atoms with van der Waals surface area (Å²) in [7, 11) is -4.05. The number of hydrogen-bond acceptors (Lipinski definition) is 9. The van der Waals surface area contributed by atoms with Crippen molar-refractivity contribution in [2.45, 2.75) is 97.3 Å². The molecule has 5 atom stereocenters. The molecule has 0 radical (unpaired) electrons. The molecule has 2 aromatic rings. The van der Waals surface area contributed by atoms with Crippen LogP contribution in [0.4, 0.5) is 0 Å². The second-order valence-electron chi connectivity index (χ2n) is 9.73. The van der Waals surface area contributed by atoms with E-state index < -0.39 is 44.5 Å². The van der Waals surface area contributed by atoms with Crippen molar-refractivity contribution in [1.82, 2.24) is 0 Å². The average Bonchev–Trinajstić information content (AvgIpc) is 2.94. The number of phosphoric ester groups is 1. The largest absolute Gasteiger partial charge is 0.477 e. The van der Waals surface area contributed by atoms with Crippen LogP contribution >= 0.6 is 7.82 Å². The SMILES string of the molecule is CCCCOP(=O)(OCCCC)OC1O[C@@H](C)[C@H](OCc2ccccc2)[C@@H](OCc2ccccc2)[C@@H]1OC(C)=O. The quantitative estimate of drug-likeness (QED) is 0.117. The van der Waals surface area contributed by atoms with Gasteiger partial charge in [-0.1, -0.05) is 87.4 Å². The molecule has 0 amide bonds. The maximum absolute atomic E-state index is 13.7. The van der Waals surface area contributed by atoms with Gasteiger partial charge in [-0.25, -0.2) is 4.57 Å². The molecule has 1 aliphatic rings. The van der Waals surface area contributed by atoms with Gasteiger partial charge in [0.05, 0.1) is 32.5 Å². The predicted molar refractivity (Wildman–Crippen MR) is 150 cm³/mol. The van der Waals surface area contributed by atoms with Gasteiger partial charge in [-0.05, 0) is 30.9 Å². The van der Waals surface area contributed by atoms with Gasteiger partial charge in [-0.3, -0.25) is 18.4 Å². The molecule has 0 spiro atoms. The topological polar surface area (TPSA) is 98.8 Å². The van der Waals surface area contributed by atoms with E-state index in [1.807, 2.05) is 81.4 Å². The first-order valence-electron chi connectivity index (χ1n) is 14.1. The summed E-state index contributed by atoms with van der Waals surface area (Å²) in [5.74, 6) is -0.569. The third kappa shape index (κ3) is 10.4. The number of unbranched alkanes of at least 4 members (excludes halogenated alkanes) is 2. The number of rotatable bonds is 17. The second kappa shape index (κ2) is 17.0. The lowest BCUT2D eigenvalue weighted by atomic mass is 9.98. The average molecular weight is 579 g/mol. The molecule has 222 valence electrons. The molecule has 0 N–H and O–H groups in total. The van der Waals surface area contributed by atoms with Gasteiger partial charge in [0.1, 0.15) is 12.2 Å². The highest BCUT2D eigenvalue weighted by molar-refractivity contribution is 7.48. The van der Waals surface area contributed by atoms with E-state index in [-0.39, 0.29) is 19.8 Å². The molecule has 1 saturated heterocycles. The van der Waals surface area contributed by atoms with Crippen LogP contribution in [-0.2, 0) is 55.1 Å². The van der Waals surface area contributed by atoms with E-state index in [2.05, 4.69) is 0 Å². The lowest BCUT2D eigenvalue weighted by Crippen LogP contribution is -2.60. The van der Waals surface area contributed by atoms with E-state index in [1.54, 1.807) is 0 Å². The van der Waals surface area contributed by atoms with Gasteiger partial charge in [0.15, 0.2) is 6.10 Å². The van der Waals surface area contributed by atoms with E-state index in [0.29, 0.717) is 19.4 Å². The van der Waals surface area contributed by atoms with Crippen LogP contribution in [0.15, 0.2) is 60.7 Å². The zero-order valence-electron chi connectivity index (χ0n) is 23.9. The Morgan fingerprint density at radius 1 is 0.800 bits per heavy atom. The molecule has 2 aromatic carbocycles. The summed E-state index contributed by atoms with van der Waals surface area (Å²) < 4.78 is 55.4. The van der Waals surface area contributed by atoms with Crippen LogP contribution in [-0.4, -0.2) is 49.9 Å². The van der Waals surface area contributed by atoms with Crippen LogP contribution in [0, 0.1) is 0 Å². The fourth-order valence-electron chi connectivity index (χ4n) is 4.19. The van der Waals surface area contributed by atoms with Crippen LogP contribution in [0.1, 0.15) is 64.5 Å². The van der Waals surface area contributed by atoms with Gasteiger partial charge in [0.2, 0.25) is 6.29 Å². The summed E-state index contributed by atoms with van der Waals surface area (Å²) in [6.07, 6.45) is -1.33. The predicted octanol–water partition coefficient (Wildman–Crippen LogP) is 6.59. The molecule has 1 unspecified atom stereocenters. The van der Waals surface area contributed by atoms with Crippen LogP contribution in [0.3, 0.4) is 0 Å². The Kier molecular flexibility index (Phi) is 13.8. The molecule has 3 rings (SSSR count). The normalized spacial score (nSPS) is 23.1. The molecular weight excluding hydrogens is 535 g/mol. The van der Waals surface area contributed by atoms with Gasteiger partial charge in [0, 0.05) is 6.92 Å². The van der Waals surface area contributed by atoms with E-state index in [9.17, 15) is 9.36 Å². The lowest BCUT2D eigenvalue weighted by molar-refractivity contribution is -0.296. The van der Waals surface area contributed by atoms with Gasteiger partial charge < -0.3 is 18.9 Å². The molecular formula is C30H43O9P. The summed E-state index contributed by atoms with van der Waals surface area (Å²) >= 11 is 0. The Labute approximate surface area is 238 Å². The fraction of sp³-hybridized carbons (Fsp3) is 0.567. The number of benzene rings is 2. The van der Waals surface area contributed by atoms with Crippen molar-refractivity contribution in [3.8, 4) is 0 Å². The molecule has 40 heavy (non-hydrogen) atoms. The zero-order valence-corrected chi connectivity index (χ0v) is 24.8. The van der Waals surface area contributed by atoms with Crippen LogP contribution in [0.2, 0.25) is 0 Å². The third-order valence-corrected chi connectivity index (χ3v) is 7.79. The van der Waals surface area contributed by atoms with Crippen molar-refractivity contribution < 1.29 is 41.9 Å². The standard InChI is InChI=1S/C30H43O9P/c1-5-7-19-35-40(32,36-20-8-6-2)39-30-29(38-24(4)31)28(34-22-26-17-13-10-14-18-26)27(23(3)37-30)33-21-25-15-11-9-12-16-25/h9-18,23,27-30H,5-8,19-22H2,1-4H3/t23-,27-,28+,29-,30?/m0/s1. The lowest BCUT2D eigenvalue weighted by Gasteiger charge is -2.44. The number of ether oxygens (including phenoxy) is 4. The summed E-state index contributed by atoms with van der Waals surface area (Å²) in [5.41, 5.74) is 1.90. The van der Waals surface area contributed by atoms with E-state index in [0.717, 1.165) is 24.0 Å². The molecule has 0 aliphatic carbocycles. The van der Waals surface area contributed by atoms with Crippen molar-refractivity contribution in [3.63, 3.8) is 0 Å². The minimum atomic E-state index is -4.05. The van der Waals surface area contributed by atoms with Gasteiger partial charge >= 0.3 is 13.8 Å². The minimum absolute atomic E-state index is 0.192. The second-order valence-corrected chi connectivity index (χ2v) is 11.4. The highest BCUT2D eigenvalue weighted by Gasteiger charge is 2.51. The van der Waals surface area contributed by atoms with Gasteiger partial charge in [-0.15, -0.1) is 0 Å². The fourth-order valence-corrected chi connectivity index (χ4v) is 5.52. The molecule has 0 aromatic heterocycles. The number of hydrogen-bond donors (Lipinski definition) is 0. The van der Waals surface area contributed by atoms with Crippen molar-refractivity contribution >= 4 is 13.8 Å².